The number of methoxy groups -OCH3 is 1. The summed E-state index contributed by atoms with van der Waals surface area (Å²) in [5.41, 5.74) is 5.25. The molecule has 0 aliphatic carbocycles. The molecule has 0 amide bonds. The van der Waals surface area contributed by atoms with Crippen LogP contribution in [0.5, 0.6) is 5.75 Å². The van der Waals surface area contributed by atoms with Gasteiger partial charge in [0, 0.05) is 38.3 Å². The normalized spacial score (nSPS) is 14.7. The van der Waals surface area contributed by atoms with Crippen molar-refractivity contribution >= 4 is 16.9 Å². The molecule has 0 saturated carbocycles. The summed E-state index contributed by atoms with van der Waals surface area (Å²) in [6, 6.07) is 26.8. The second-order valence-corrected chi connectivity index (χ2v) is 7.86. The molecular weight excluding hydrogens is 384 g/mol. The van der Waals surface area contributed by atoms with E-state index in [1.165, 1.54) is 5.56 Å². The molecule has 0 atom stereocenters. The van der Waals surface area contributed by atoms with Gasteiger partial charge in [0.25, 0.3) is 0 Å². The van der Waals surface area contributed by atoms with Crippen molar-refractivity contribution in [2.75, 3.05) is 38.2 Å². The Morgan fingerprint density at radius 1 is 0.742 bits per heavy atom. The van der Waals surface area contributed by atoms with Gasteiger partial charge in [-0.05, 0) is 29.8 Å². The number of ether oxygens (including phenoxy) is 1. The molecule has 1 aromatic heterocycles. The molecule has 31 heavy (non-hydrogen) atoms. The summed E-state index contributed by atoms with van der Waals surface area (Å²) < 4.78 is 5.27. The first-order valence-electron chi connectivity index (χ1n) is 10.7. The van der Waals surface area contributed by atoms with Gasteiger partial charge in [0.1, 0.15) is 11.4 Å². The Morgan fingerprint density at radius 2 is 1.39 bits per heavy atom. The van der Waals surface area contributed by atoms with Gasteiger partial charge in [-0.3, -0.25) is 4.90 Å². The third-order valence-electron chi connectivity index (χ3n) is 5.84. The van der Waals surface area contributed by atoms with E-state index in [0.29, 0.717) is 0 Å². The zero-order valence-corrected chi connectivity index (χ0v) is 17.7. The summed E-state index contributed by atoms with van der Waals surface area (Å²) in [6.07, 6.45) is 0. The van der Waals surface area contributed by atoms with Crippen LogP contribution >= 0.6 is 0 Å². The lowest BCUT2D eigenvalue weighted by Gasteiger charge is -2.36. The highest BCUT2D eigenvalue weighted by Crippen LogP contribution is 2.30. The van der Waals surface area contributed by atoms with E-state index in [9.17, 15) is 0 Å². The third-order valence-corrected chi connectivity index (χ3v) is 5.84. The average molecular weight is 411 g/mol. The fraction of sp³-hybridized carbons (Fsp3) is 0.231. The van der Waals surface area contributed by atoms with Gasteiger partial charge in [0.05, 0.1) is 18.1 Å². The Labute approximate surface area is 182 Å². The number of fused-ring (bicyclic) bond motifs is 1. The molecule has 1 saturated heterocycles. The number of aromatic nitrogens is 2. The van der Waals surface area contributed by atoms with Gasteiger partial charge in [-0.15, -0.1) is 0 Å². The Morgan fingerprint density at radius 3 is 2.06 bits per heavy atom. The van der Waals surface area contributed by atoms with E-state index < -0.39 is 0 Å². The minimum Gasteiger partial charge on any atom is -0.497 e. The van der Waals surface area contributed by atoms with Gasteiger partial charge in [0.2, 0.25) is 0 Å². The molecular formula is C26H26N4O. The molecule has 5 nitrogen and oxygen atoms in total. The average Bonchev–Trinajstić information content (AvgIpc) is 2.85. The summed E-state index contributed by atoms with van der Waals surface area (Å²) in [5.74, 6) is 1.88. The SMILES string of the molecule is COc1ccc(CN2CCN(c3nc4ccccc4nc3-c3ccccc3)CC2)cc1. The molecule has 5 rings (SSSR count). The molecule has 1 aliphatic rings. The van der Waals surface area contributed by atoms with E-state index in [-0.39, 0.29) is 0 Å². The minimum absolute atomic E-state index is 0.900. The van der Waals surface area contributed by atoms with E-state index in [1.54, 1.807) is 7.11 Å². The first-order chi connectivity index (χ1) is 15.3. The van der Waals surface area contributed by atoms with Crippen LogP contribution < -0.4 is 9.64 Å². The van der Waals surface area contributed by atoms with Crippen molar-refractivity contribution in [2.45, 2.75) is 6.54 Å². The van der Waals surface area contributed by atoms with Crippen LogP contribution in [0.25, 0.3) is 22.3 Å². The number of anilines is 1. The second kappa shape index (κ2) is 8.74. The van der Waals surface area contributed by atoms with Gasteiger partial charge < -0.3 is 9.64 Å². The number of piperazine rings is 1. The number of nitrogens with zero attached hydrogens (tertiary/aromatic N) is 4. The van der Waals surface area contributed by atoms with Crippen LogP contribution in [0.15, 0.2) is 78.9 Å². The molecule has 5 heteroatoms. The molecule has 4 aromatic rings. The standard InChI is InChI=1S/C26H26N4O/c1-31-22-13-11-20(12-14-22)19-29-15-17-30(18-16-29)26-25(21-7-3-2-4-8-21)27-23-9-5-6-10-24(23)28-26/h2-14H,15-19H2,1H3. The summed E-state index contributed by atoms with van der Waals surface area (Å²) >= 11 is 0. The van der Waals surface area contributed by atoms with Crippen molar-refractivity contribution in [3.8, 4) is 17.0 Å². The molecule has 0 bridgehead atoms. The van der Waals surface area contributed by atoms with E-state index >= 15 is 0 Å². The van der Waals surface area contributed by atoms with Crippen LogP contribution in [0, 0.1) is 0 Å². The highest BCUT2D eigenvalue weighted by atomic mass is 16.5. The Kier molecular flexibility index (Phi) is 5.50. The smallest absolute Gasteiger partial charge is 0.156 e. The minimum atomic E-state index is 0.900. The van der Waals surface area contributed by atoms with Gasteiger partial charge in [-0.2, -0.15) is 0 Å². The number of benzene rings is 3. The second-order valence-electron chi connectivity index (χ2n) is 7.86. The van der Waals surface area contributed by atoms with E-state index in [4.69, 9.17) is 14.7 Å². The Balaban J connectivity index is 1.37. The van der Waals surface area contributed by atoms with Crippen LogP contribution in [0.2, 0.25) is 0 Å². The van der Waals surface area contributed by atoms with Crippen molar-refractivity contribution in [1.29, 1.82) is 0 Å². The molecule has 0 spiro atoms. The van der Waals surface area contributed by atoms with Crippen LogP contribution in [-0.2, 0) is 6.54 Å². The summed E-state index contributed by atoms with van der Waals surface area (Å²) in [4.78, 5) is 14.9. The van der Waals surface area contributed by atoms with Crippen LogP contribution in [0.1, 0.15) is 5.56 Å². The van der Waals surface area contributed by atoms with Crippen molar-refractivity contribution in [2.24, 2.45) is 0 Å². The zero-order valence-electron chi connectivity index (χ0n) is 17.7. The molecule has 0 radical (unpaired) electrons. The number of hydrogen-bond donors (Lipinski definition) is 0. The van der Waals surface area contributed by atoms with Crippen molar-refractivity contribution in [1.82, 2.24) is 14.9 Å². The lowest BCUT2D eigenvalue weighted by atomic mass is 10.1. The largest absolute Gasteiger partial charge is 0.497 e. The highest BCUT2D eigenvalue weighted by Gasteiger charge is 2.22. The fourth-order valence-electron chi connectivity index (χ4n) is 4.11. The Hall–Kier alpha value is -3.44. The van der Waals surface area contributed by atoms with E-state index in [2.05, 4.69) is 46.2 Å². The lowest BCUT2D eigenvalue weighted by Crippen LogP contribution is -2.46. The molecule has 0 unspecified atom stereocenters. The number of para-hydroxylation sites is 2. The van der Waals surface area contributed by atoms with Crippen LogP contribution in [-0.4, -0.2) is 48.2 Å². The maximum absolute atomic E-state index is 5.27. The van der Waals surface area contributed by atoms with Gasteiger partial charge in [-0.1, -0.05) is 54.6 Å². The first-order valence-corrected chi connectivity index (χ1v) is 10.7. The summed E-state index contributed by atoms with van der Waals surface area (Å²) in [7, 11) is 1.70. The molecule has 1 aliphatic heterocycles. The third kappa shape index (κ3) is 4.23. The van der Waals surface area contributed by atoms with Crippen LogP contribution in [0.3, 0.4) is 0 Å². The maximum Gasteiger partial charge on any atom is 0.156 e. The maximum atomic E-state index is 5.27. The molecule has 156 valence electrons. The van der Waals surface area contributed by atoms with E-state index in [1.807, 2.05) is 42.5 Å². The Bertz CT molecular complexity index is 1150. The van der Waals surface area contributed by atoms with Crippen LogP contribution in [0.4, 0.5) is 5.82 Å². The quantitative estimate of drug-likeness (QED) is 0.480. The first kappa shape index (κ1) is 19.5. The van der Waals surface area contributed by atoms with Crippen molar-refractivity contribution in [3.63, 3.8) is 0 Å². The summed E-state index contributed by atoms with van der Waals surface area (Å²) in [6.45, 7) is 4.81. The number of hydrogen-bond acceptors (Lipinski definition) is 5. The van der Waals surface area contributed by atoms with Gasteiger partial charge in [-0.25, -0.2) is 9.97 Å². The topological polar surface area (TPSA) is 41.5 Å². The zero-order chi connectivity index (χ0) is 21.0. The predicted octanol–water partition coefficient (Wildman–Crippen LogP) is 4.63. The molecule has 0 N–H and O–H groups in total. The van der Waals surface area contributed by atoms with Gasteiger partial charge in [0.15, 0.2) is 5.82 Å². The summed E-state index contributed by atoms with van der Waals surface area (Å²) in [5, 5.41) is 0. The highest BCUT2D eigenvalue weighted by molar-refractivity contribution is 5.83. The van der Waals surface area contributed by atoms with Crippen molar-refractivity contribution in [3.05, 3.63) is 84.4 Å². The molecule has 1 fully saturated rings. The van der Waals surface area contributed by atoms with Gasteiger partial charge >= 0.3 is 0 Å². The molecule has 3 aromatic carbocycles. The number of rotatable bonds is 5. The monoisotopic (exact) mass is 410 g/mol. The molecule has 2 heterocycles. The fourth-order valence-corrected chi connectivity index (χ4v) is 4.11. The van der Waals surface area contributed by atoms with Crippen molar-refractivity contribution < 1.29 is 4.74 Å². The lowest BCUT2D eigenvalue weighted by molar-refractivity contribution is 0.249. The predicted molar refractivity (Wildman–Crippen MR) is 125 cm³/mol. The van der Waals surface area contributed by atoms with E-state index in [0.717, 1.165) is 66.6 Å².